The van der Waals surface area contributed by atoms with Crippen molar-refractivity contribution in [2.75, 3.05) is 0 Å². The number of carboxylic acid groups (broad SMARTS) is 1. The first-order valence-electron chi connectivity index (χ1n) is 7.39. The fourth-order valence-electron chi connectivity index (χ4n) is 2.95. The van der Waals surface area contributed by atoms with Crippen molar-refractivity contribution in [1.82, 2.24) is 9.55 Å². The molecule has 0 spiro atoms. The SMILES string of the molecule is CC1Cc2ncn(Cc3ccc(C(=O)O)cc3)c2CC1C. The second-order valence-electron chi connectivity index (χ2n) is 6.13. The Morgan fingerprint density at radius 1 is 1.24 bits per heavy atom. The van der Waals surface area contributed by atoms with E-state index in [4.69, 9.17) is 5.11 Å². The molecule has 0 fully saturated rings. The maximum Gasteiger partial charge on any atom is 0.335 e. The summed E-state index contributed by atoms with van der Waals surface area (Å²) in [6, 6.07) is 7.08. The van der Waals surface area contributed by atoms with Crippen LogP contribution in [-0.2, 0) is 19.4 Å². The van der Waals surface area contributed by atoms with E-state index < -0.39 is 5.97 Å². The van der Waals surface area contributed by atoms with E-state index in [1.165, 1.54) is 11.4 Å². The number of rotatable bonds is 3. The van der Waals surface area contributed by atoms with Crippen LogP contribution in [-0.4, -0.2) is 20.6 Å². The van der Waals surface area contributed by atoms with Gasteiger partial charge in [0.05, 0.1) is 17.6 Å². The number of imidazole rings is 1. The molecule has 1 aliphatic rings. The van der Waals surface area contributed by atoms with E-state index >= 15 is 0 Å². The molecule has 0 saturated heterocycles. The van der Waals surface area contributed by atoms with E-state index in [-0.39, 0.29) is 0 Å². The first-order chi connectivity index (χ1) is 10.0. The van der Waals surface area contributed by atoms with Crippen molar-refractivity contribution in [1.29, 1.82) is 0 Å². The standard InChI is InChI=1S/C17H20N2O2/c1-11-7-15-16(8-12(11)2)19(10-18-15)9-13-3-5-14(6-4-13)17(20)21/h3-6,10-12H,7-9H2,1-2H3,(H,20,21). The van der Waals surface area contributed by atoms with Gasteiger partial charge in [-0.05, 0) is 42.4 Å². The minimum Gasteiger partial charge on any atom is -0.478 e. The van der Waals surface area contributed by atoms with Gasteiger partial charge in [-0.1, -0.05) is 26.0 Å². The lowest BCUT2D eigenvalue weighted by Crippen LogP contribution is -2.22. The van der Waals surface area contributed by atoms with Crippen molar-refractivity contribution in [2.24, 2.45) is 11.8 Å². The molecule has 1 aromatic heterocycles. The van der Waals surface area contributed by atoms with Gasteiger partial charge in [0, 0.05) is 12.2 Å². The van der Waals surface area contributed by atoms with E-state index in [9.17, 15) is 4.79 Å². The van der Waals surface area contributed by atoms with Crippen LogP contribution in [0.3, 0.4) is 0 Å². The highest BCUT2D eigenvalue weighted by Crippen LogP contribution is 2.29. The zero-order valence-corrected chi connectivity index (χ0v) is 12.4. The van der Waals surface area contributed by atoms with Crippen LogP contribution in [0.5, 0.6) is 0 Å². The second-order valence-corrected chi connectivity index (χ2v) is 6.13. The van der Waals surface area contributed by atoms with Crippen LogP contribution in [0.4, 0.5) is 0 Å². The zero-order valence-electron chi connectivity index (χ0n) is 12.4. The third-order valence-electron chi connectivity index (χ3n) is 4.59. The smallest absolute Gasteiger partial charge is 0.335 e. The first kappa shape index (κ1) is 13.9. The van der Waals surface area contributed by atoms with Gasteiger partial charge in [0.25, 0.3) is 0 Å². The van der Waals surface area contributed by atoms with E-state index in [0.717, 1.165) is 24.9 Å². The normalized spacial score (nSPS) is 21.0. The summed E-state index contributed by atoms with van der Waals surface area (Å²) in [6.45, 7) is 5.34. The van der Waals surface area contributed by atoms with Gasteiger partial charge in [0.15, 0.2) is 0 Å². The Morgan fingerprint density at radius 3 is 2.57 bits per heavy atom. The molecule has 2 atom stereocenters. The summed E-state index contributed by atoms with van der Waals surface area (Å²) in [6.07, 6.45) is 4.05. The average molecular weight is 284 g/mol. The highest BCUT2D eigenvalue weighted by molar-refractivity contribution is 5.87. The number of aromatic carboxylic acids is 1. The fraction of sp³-hybridized carbons (Fsp3) is 0.412. The van der Waals surface area contributed by atoms with Crippen LogP contribution in [0.15, 0.2) is 30.6 Å². The summed E-state index contributed by atoms with van der Waals surface area (Å²) in [7, 11) is 0. The highest BCUT2D eigenvalue weighted by Gasteiger charge is 2.25. The summed E-state index contributed by atoms with van der Waals surface area (Å²) >= 11 is 0. The monoisotopic (exact) mass is 284 g/mol. The van der Waals surface area contributed by atoms with Crippen molar-refractivity contribution in [3.05, 3.63) is 53.1 Å². The fourth-order valence-corrected chi connectivity index (χ4v) is 2.95. The molecule has 0 amide bonds. The Morgan fingerprint density at radius 2 is 1.90 bits per heavy atom. The molecule has 0 bridgehead atoms. The average Bonchev–Trinajstić information content (AvgIpc) is 2.82. The molecular formula is C17H20N2O2. The molecule has 2 aromatic rings. The predicted molar refractivity (Wildman–Crippen MR) is 80.5 cm³/mol. The lowest BCUT2D eigenvalue weighted by atomic mass is 9.82. The van der Waals surface area contributed by atoms with Crippen molar-refractivity contribution in [3.8, 4) is 0 Å². The molecule has 0 saturated carbocycles. The Bertz CT molecular complexity index is 658. The number of aromatic nitrogens is 2. The topological polar surface area (TPSA) is 55.1 Å². The Kier molecular flexibility index (Phi) is 3.53. The third kappa shape index (κ3) is 2.71. The second kappa shape index (κ2) is 5.35. The molecule has 2 unspecified atom stereocenters. The molecule has 0 radical (unpaired) electrons. The maximum absolute atomic E-state index is 10.9. The number of carboxylic acids is 1. The van der Waals surface area contributed by atoms with Crippen molar-refractivity contribution < 1.29 is 9.90 Å². The van der Waals surface area contributed by atoms with Crippen molar-refractivity contribution >= 4 is 5.97 Å². The summed E-state index contributed by atoms with van der Waals surface area (Å²) < 4.78 is 2.20. The van der Waals surface area contributed by atoms with Crippen molar-refractivity contribution in [3.63, 3.8) is 0 Å². The molecular weight excluding hydrogens is 264 g/mol. The van der Waals surface area contributed by atoms with Crippen LogP contribution in [0.1, 0.15) is 41.2 Å². The quantitative estimate of drug-likeness (QED) is 0.942. The van der Waals surface area contributed by atoms with Gasteiger partial charge in [-0.25, -0.2) is 9.78 Å². The maximum atomic E-state index is 10.9. The van der Waals surface area contributed by atoms with Gasteiger partial charge in [-0.2, -0.15) is 0 Å². The number of fused-ring (bicyclic) bond motifs is 1. The zero-order chi connectivity index (χ0) is 15.0. The van der Waals surface area contributed by atoms with Gasteiger partial charge < -0.3 is 9.67 Å². The Labute approximate surface area is 124 Å². The van der Waals surface area contributed by atoms with Crippen LogP contribution < -0.4 is 0 Å². The summed E-state index contributed by atoms with van der Waals surface area (Å²) in [5.41, 5.74) is 3.99. The number of hydrogen-bond acceptors (Lipinski definition) is 2. The molecule has 3 rings (SSSR count). The number of hydrogen-bond donors (Lipinski definition) is 1. The van der Waals surface area contributed by atoms with Crippen LogP contribution >= 0.6 is 0 Å². The van der Waals surface area contributed by atoms with Crippen molar-refractivity contribution in [2.45, 2.75) is 33.2 Å². The van der Waals surface area contributed by atoms with E-state index in [0.29, 0.717) is 17.4 Å². The molecule has 4 heteroatoms. The number of nitrogens with zero attached hydrogens (tertiary/aromatic N) is 2. The molecule has 1 N–H and O–H groups in total. The van der Waals surface area contributed by atoms with Gasteiger partial charge in [0.1, 0.15) is 0 Å². The molecule has 1 aliphatic carbocycles. The van der Waals surface area contributed by atoms with Gasteiger partial charge in [0.2, 0.25) is 0 Å². The Hall–Kier alpha value is -2.10. The molecule has 4 nitrogen and oxygen atoms in total. The van der Waals surface area contributed by atoms with E-state index in [1.807, 2.05) is 18.5 Å². The van der Waals surface area contributed by atoms with Crippen LogP contribution in [0, 0.1) is 11.8 Å². The minimum absolute atomic E-state index is 0.328. The molecule has 21 heavy (non-hydrogen) atoms. The lowest BCUT2D eigenvalue weighted by Gasteiger charge is -2.26. The number of benzene rings is 1. The first-order valence-corrected chi connectivity index (χ1v) is 7.39. The van der Waals surface area contributed by atoms with Gasteiger partial charge in [-0.15, -0.1) is 0 Å². The van der Waals surface area contributed by atoms with Crippen LogP contribution in [0.2, 0.25) is 0 Å². The predicted octanol–water partition coefficient (Wildman–Crippen LogP) is 3.00. The molecule has 0 aliphatic heterocycles. The van der Waals surface area contributed by atoms with Gasteiger partial charge in [-0.3, -0.25) is 0 Å². The highest BCUT2D eigenvalue weighted by atomic mass is 16.4. The minimum atomic E-state index is -0.885. The summed E-state index contributed by atoms with van der Waals surface area (Å²) in [5.74, 6) is 0.488. The summed E-state index contributed by atoms with van der Waals surface area (Å²) in [4.78, 5) is 15.4. The van der Waals surface area contributed by atoms with Gasteiger partial charge >= 0.3 is 5.97 Å². The van der Waals surface area contributed by atoms with Crippen LogP contribution in [0.25, 0.3) is 0 Å². The molecule has 110 valence electrons. The Balaban J connectivity index is 1.81. The van der Waals surface area contributed by atoms with E-state index in [2.05, 4.69) is 23.4 Å². The third-order valence-corrected chi connectivity index (χ3v) is 4.59. The summed E-state index contributed by atoms with van der Waals surface area (Å²) in [5, 5.41) is 8.93. The van der Waals surface area contributed by atoms with E-state index in [1.54, 1.807) is 12.1 Å². The largest absolute Gasteiger partial charge is 0.478 e. The molecule has 1 heterocycles. The lowest BCUT2D eigenvalue weighted by molar-refractivity contribution is 0.0697. The number of carbonyl (C=O) groups is 1. The molecule has 1 aromatic carbocycles.